The lowest BCUT2D eigenvalue weighted by atomic mass is 10.1. The van der Waals surface area contributed by atoms with E-state index in [0.717, 1.165) is 11.3 Å². The second kappa shape index (κ2) is 6.90. The molecule has 0 aliphatic heterocycles. The third-order valence-corrected chi connectivity index (χ3v) is 6.10. The summed E-state index contributed by atoms with van der Waals surface area (Å²) in [6.45, 7) is 5.90. The van der Waals surface area contributed by atoms with Gasteiger partial charge in [-0.2, -0.15) is 0 Å². The van der Waals surface area contributed by atoms with Crippen molar-refractivity contribution >= 4 is 32.7 Å². The van der Waals surface area contributed by atoms with Gasteiger partial charge in [0.15, 0.2) is 5.58 Å². The number of aryl methyl sites for hydroxylation is 3. The van der Waals surface area contributed by atoms with Crippen LogP contribution < -0.4 is 10.5 Å². The third-order valence-electron chi connectivity index (χ3n) is 4.18. The Morgan fingerprint density at radius 3 is 2.65 bits per heavy atom. The van der Waals surface area contributed by atoms with E-state index >= 15 is 0 Å². The first-order valence-corrected chi connectivity index (χ1v) is 9.85. The van der Waals surface area contributed by atoms with E-state index < -0.39 is 15.8 Å². The van der Waals surface area contributed by atoms with E-state index in [1.807, 2.05) is 0 Å². The molecule has 10 heteroatoms. The maximum absolute atomic E-state index is 12.6. The summed E-state index contributed by atoms with van der Waals surface area (Å²) in [5.41, 5.74) is 2.22. The molecule has 3 aromatic rings. The van der Waals surface area contributed by atoms with E-state index in [9.17, 15) is 13.2 Å². The van der Waals surface area contributed by atoms with E-state index in [-0.39, 0.29) is 22.0 Å². The van der Waals surface area contributed by atoms with Gasteiger partial charge in [0.2, 0.25) is 10.0 Å². The number of hydrogen-bond donors (Lipinski definition) is 1. The maximum atomic E-state index is 12.6. The Labute approximate surface area is 154 Å². The number of sulfonamides is 1. The van der Waals surface area contributed by atoms with Gasteiger partial charge in [-0.15, -0.1) is 0 Å². The van der Waals surface area contributed by atoms with Crippen molar-refractivity contribution in [1.29, 1.82) is 0 Å². The number of hydrogen-bond acceptors (Lipinski definition) is 6. The molecule has 0 fully saturated rings. The van der Waals surface area contributed by atoms with Crippen LogP contribution in [-0.4, -0.2) is 24.7 Å². The number of nitrogens with one attached hydrogen (secondary N) is 1. The summed E-state index contributed by atoms with van der Waals surface area (Å²) in [5, 5.41) is 3.86. The van der Waals surface area contributed by atoms with Gasteiger partial charge in [0.25, 0.3) is 0 Å². The van der Waals surface area contributed by atoms with Crippen LogP contribution in [0.25, 0.3) is 11.1 Å². The molecule has 2 heterocycles. The minimum atomic E-state index is -3.88. The molecule has 0 amide bonds. The molecular weight excluding hydrogens is 382 g/mol. The minimum absolute atomic E-state index is 0.0188. The average molecular weight is 400 g/mol. The van der Waals surface area contributed by atoms with Gasteiger partial charge >= 0.3 is 5.76 Å². The van der Waals surface area contributed by atoms with Crippen molar-refractivity contribution in [2.24, 2.45) is 0 Å². The molecule has 2 aromatic heterocycles. The van der Waals surface area contributed by atoms with Gasteiger partial charge in [0.1, 0.15) is 10.7 Å². The lowest BCUT2D eigenvalue weighted by Gasteiger charge is -2.08. The van der Waals surface area contributed by atoms with Crippen LogP contribution in [-0.2, 0) is 23.0 Å². The Morgan fingerprint density at radius 2 is 2.04 bits per heavy atom. The Balaban J connectivity index is 1.87. The van der Waals surface area contributed by atoms with E-state index in [4.69, 9.17) is 20.5 Å². The summed E-state index contributed by atoms with van der Waals surface area (Å²) in [4.78, 5) is 11.6. The summed E-state index contributed by atoms with van der Waals surface area (Å²) >= 11 is 6.15. The van der Waals surface area contributed by atoms with Gasteiger partial charge in [-0.25, -0.2) is 17.9 Å². The molecule has 0 aliphatic carbocycles. The van der Waals surface area contributed by atoms with E-state index in [0.29, 0.717) is 24.2 Å². The molecule has 0 atom stereocenters. The molecule has 3 rings (SSSR count). The van der Waals surface area contributed by atoms with Crippen molar-refractivity contribution in [1.82, 2.24) is 14.4 Å². The van der Waals surface area contributed by atoms with Crippen LogP contribution in [0.5, 0.6) is 0 Å². The average Bonchev–Trinajstić information content (AvgIpc) is 3.05. The van der Waals surface area contributed by atoms with Crippen LogP contribution in [0.1, 0.15) is 23.9 Å². The Kier molecular flexibility index (Phi) is 4.96. The van der Waals surface area contributed by atoms with Gasteiger partial charge in [-0.1, -0.05) is 16.8 Å². The van der Waals surface area contributed by atoms with Crippen LogP contribution in [0.3, 0.4) is 0 Å². The number of nitrogens with zero attached hydrogens (tertiary/aromatic N) is 2. The summed E-state index contributed by atoms with van der Waals surface area (Å²) in [7, 11) is -3.88. The number of benzene rings is 1. The number of aromatic nitrogens is 2. The molecule has 0 radical (unpaired) electrons. The maximum Gasteiger partial charge on any atom is 0.419 e. The zero-order valence-electron chi connectivity index (χ0n) is 14.5. The molecule has 8 nitrogen and oxygen atoms in total. The molecule has 0 bridgehead atoms. The number of rotatable bonds is 6. The predicted octanol–water partition coefficient (Wildman–Crippen LogP) is 2.39. The first-order chi connectivity index (χ1) is 12.2. The van der Waals surface area contributed by atoms with Gasteiger partial charge in [-0.3, -0.25) is 4.57 Å². The van der Waals surface area contributed by atoms with Crippen molar-refractivity contribution in [2.75, 3.05) is 6.54 Å². The fraction of sp³-hybridized carbons (Fsp3) is 0.375. The zero-order valence-corrected chi connectivity index (χ0v) is 16.1. The van der Waals surface area contributed by atoms with E-state index in [1.54, 1.807) is 20.8 Å². The molecule has 26 heavy (non-hydrogen) atoms. The normalized spacial score (nSPS) is 12.2. The second-order valence-corrected chi connectivity index (χ2v) is 7.96. The largest absolute Gasteiger partial charge is 0.419 e. The van der Waals surface area contributed by atoms with Crippen LogP contribution in [0, 0.1) is 13.8 Å². The van der Waals surface area contributed by atoms with Crippen molar-refractivity contribution < 1.29 is 17.4 Å². The SMILES string of the molecule is CCn1c(=O)oc2cc(S(=O)(=O)NCCc3c(C)noc3C)c(Cl)cc21. The highest BCUT2D eigenvalue weighted by atomic mass is 35.5. The Hall–Kier alpha value is -2.10. The molecule has 140 valence electrons. The second-order valence-electron chi connectivity index (χ2n) is 5.81. The topological polar surface area (TPSA) is 107 Å². The van der Waals surface area contributed by atoms with Crippen LogP contribution in [0.2, 0.25) is 5.02 Å². The minimum Gasteiger partial charge on any atom is -0.408 e. The summed E-state index contributed by atoms with van der Waals surface area (Å²) in [5.74, 6) is 0.100. The monoisotopic (exact) mass is 399 g/mol. The third kappa shape index (κ3) is 3.29. The van der Waals surface area contributed by atoms with Crippen LogP contribution in [0.15, 0.2) is 30.8 Å². The van der Waals surface area contributed by atoms with Crippen molar-refractivity contribution in [2.45, 2.75) is 38.6 Å². The summed E-state index contributed by atoms with van der Waals surface area (Å²) in [6, 6.07) is 2.69. The number of halogens is 1. The fourth-order valence-corrected chi connectivity index (χ4v) is 4.38. The number of fused-ring (bicyclic) bond motifs is 1. The standard InChI is InChI=1S/C16H18ClN3O5S/c1-4-20-13-7-12(17)15(8-14(13)24-16(20)21)26(22,23)18-6-5-11-9(2)19-25-10(11)3/h7-8,18H,4-6H2,1-3H3. The lowest BCUT2D eigenvalue weighted by molar-refractivity contribution is 0.392. The highest BCUT2D eigenvalue weighted by molar-refractivity contribution is 7.89. The quantitative estimate of drug-likeness (QED) is 0.681. The first-order valence-electron chi connectivity index (χ1n) is 7.99. The smallest absolute Gasteiger partial charge is 0.408 e. The van der Waals surface area contributed by atoms with Gasteiger partial charge < -0.3 is 8.94 Å². The van der Waals surface area contributed by atoms with Gasteiger partial charge in [0.05, 0.1) is 16.2 Å². The molecule has 1 aromatic carbocycles. The predicted molar refractivity (Wildman–Crippen MR) is 96.0 cm³/mol. The Bertz CT molecular complexity index is 1110. The molecule has 0 spiro atoms. The molecule has 0 saturated heterocycles. The van der Waals surface area contributed by atoms with Crippen LogP contribution >= 0.6 is 11.6 Å². The van der Waals surface area contributed by atoms with E-state index in [1.165, 1.54) is 16.7 Å². The Morgan fingerprint density at radius 1 is 1.31 bits per heavy atom. The van der Waals surface area contributed by atoms with Crippen molar-refractivity contribution in [3.05, 3.63) is 44.7 Å². The van der Waals surface area contributed by atoms with Crippen molar-refractivity contribution in [3.63, 3.8) is 0 Å². The van der Waals surface area contributed by atoms with Gasteiger partial charge in [-0.05, 0) is 33.3 Å². The highest BCUT2D eigenvalue weighted by Gasteiger charge is 2.21. The summed E-state index contributed by atoms with van der Waals surface area (Å²) < 4.78 is 39.2. The highest BCUT2D eigenvalue weighted by Crippen LogP contribution is 2.27. The molecule has 0 aliphatic rings. The van der Waals surface area contributed by atoms with Crippen molar-refractivity contribution in [3.8, 4) is 0 Å². The van der Waals surface area contributed by atoms with Crippen LogP contribution in [0.4, 0.5) is 0 Å². The lowest BCUT2D eigenvalue weighted by Crippen LogP contribution is -2.26. The fourth-order valence-electron chi connectivity index (χ4n) is 2.82. The first kappa shape index (κ1) is 18.7. The van der Waals surface area contributed by atoms with E-state index in [2.05, 4.69) is 9.88 Å². The molecular formula is C16H18ClN3O5S. The zero-order chi connectivity index (χ0) is 19.1. The summed E-state index contributed by atoms with van der Waals surface area (Å²) in [6.07, 6.45) is 0.432. The van der Waals surface area contributed by atoms with Gasteiger partial charge in [0, 0.05) is 24.7 Å². The molecule has 0 unspecified atom stereocenters. The molecule has 1 N–H and O–H groups in total. The number of oxazole rings is 1. The molecule has 0 saturated carbocycles.